The Morgan fingerprint density at radius 2 is 1.60 bits per heavy atom. The summed E-state index contributed by atoms with van der Waals surface area (Å²) in [5.41, 5.74) is 2.14. The predicted octanol–water partition coefficient (Wildman–Crippen LogP) is 2.43. The number of benzene rings is 2. The van der Waals surface area contributed by atoms with Crippen LogP contribution in [-0.4, -0.2) is 55.8 Å². The number of likely N-dealkylation sites (N-methyl/N-ethyl adjacent to an activating group) is 1. The summed E-state index contributed by atoms with van der Waals surface area (Å²) in [6, 6.07) is 4.85. The number of carbonyl (C=O) groups is 1. The standard InChI is InChI=1S/C19H21NO5/c1-20(2)8-7-10-9-13(25-4)19(23)16-14(10)17(21)11-5-6-12(24-3)18(22)15(11)16/h5-6,9,22-23H,7-8H2,1-4H3. The zero-order valence-electron chi connectivity index (χ0n) is 14.7. The van der Waals surface area contributed by atoms with Gasteiger partial charge in [-0.1, -0.05) is 0 Å². The van der Waals surface area contributed by atoms with Gasteiger partial charge in [-0.15, -0.1) is 0 Å². The Morgan fingerprint density at radius 3 is 2.20 bits per heavy atom. The van der Waals surface area contributed by atoms with Gasteiger partial charge in [0.15, 0.2) is 28.8 Å². The van der Waals surface area contributed by atoms with Gasteiger partial charge in [0.1, 0.15) is 0 Å². The van der Waals surface area contributed by atoms with E-state index in [1.165, 1.54) is 14.2 Å². The fourth-order valence-corrected chi connectivity index (χ4v) is 3.21. The number of ether oxygens (including phenoxy) is 2. The third-order valence-electron chi connectivity index (χ3n) is 4.48. The second-order valence-electron chi connectivity index (χ2n) is 6.26. The van der Waals surface area contributed by atoms with Gasteiger partial charge in [-0.05, 0) is 44.3 Å². The van der Waals surface area contributed by atoms with Crippen LogP contribution in [0.15, 0.2) is 18.2 Å². The molecule has 6 nitrogen and oxygen atoms in total. The second kappa shape index (κ2) is 6.29. The van der Waals surface area contributed by atoms with Crippen LogP contribution in [0.1, 0.15) is 21.5 Å². The topological polar surface area (TPSA) is 79.2 Å². The van der Waals surface area contributed by atoms with Gasteiger partial charge in [-0.2, -0.15) is 0 Å². The van der Waals surface area contributed by atoms with Crippen molar-refractivity contribution in [3.8, 4) is 34.1 Å². The molecular formula is C19H21NO5. The number of phenolic OH excluding ortho intramolecular Hbond substituents is 2. The van der Waals surface area contributed by atoms with Crippen LogP contribution in [0, 0.1) is 0 Å². The lowest BCUT2D eigenvalue weighted by molar-refractivity contribution is 0.104. The molecule has 2 aromatic rings. The summed E-state index contributed by atoms with van der Waals surface area (Å²) in [7, 11) is 6.80. The smallest absolute Gasteiger partial charge is 0.194 e. The Labute approximate surface area is 146 Å². The maximum Gasteiger partial charge on any atom is 0.194 e. The summed E-state index contributed by atoms with van der Waals surface area (Å²) < 4.78 is 10.4. The van der Waals surface area contributed by atoms with E-state index in [1.54, 1.807) is 18.2 Å². The van der Waals surface area contributed by atoms with Gasteiger partial charge in [0.25, 0.3) is 0 Å². The number of hydrogen-bond donors (Lipinski definition) is 2. The molecule has 0 bridgehead atoms. The molecule has 0 fully saturated rings. The molecule has 0 saturated carbocycles. The second-order valence-corrected chi connectivity index (χ2v) is 6.26. The summed E-state index contributed by atoms with van der Waals surface area (Å²) in [5.74, 6) is -0.00234. The zero-order chi connectivity index (χ0) is 18.3. The highest BCUT2D eigenvalue weighted by molar-refractivity contribution is 6.25. The minimum atomic E-state index is -0.213. The van der Waals surface area contributed by atoms with Gasteiger partial charge in [0.2, 0.25) is 0 Å². The molecule has 3 rings (SSSR count). The van der Waals surface area contributed by atoms with E-state index in [-0.39, 0.29) is 28.8 Å². The van der Waals surface area contributed by atoms with Crippen molar-refractivity contribution < 1.29 is 24.5 Å². The lowest BCUT2D eigenvalue weighted by Crippen LogP contribution is -2.16. The first kappa shape index (κ1) is 17.1. The number of carbonyl (C=O) groups excluding carboxylic acids is 1. The Balaban J connectivity index is 2.30. The summed E-state index contributed by atoms with van der Waals surface area (Å²) in [6.07, 6.45) is 0.615. The zero-order valence-corrected chi connectivity index (χ0v) is 14.7. The molecule has 1 aliphatic carbocycles. The van der Waals surface area contributed by atoms with Gasteiger partial charge in [0.05, 0.1) is 14.2 Å². The van der Waals surface area contributed by atoms with E-state index in [9.17, 15) is 15.0 Å². The van der Waals surface area contributed by atoms with E-state index in [0.29, 0.717) is 28.7 Å². The average molecular weight is 343 g/mol. The van der Waals surface area contributed by atoms with E-state index >= 15 is 0 Å². The first-order valence-corrected chi connectivity index (χ1v) is 7.93. The van der Waals surface area contributed by atoms with Crippen molar-refractivity contribution in [2.24, 2.45) is 0 Å². The number of methoxy groups -OCH3 is 2. The Kier molecular flexibility index (Phi) is 4.30. The number of aromatic hydroxyl groups is 2. The van der Waals surface area contributed by atoms with Crippen LogP contribution < -0.4 is 9.47 Å². The predicted molar refractivity (Wildman–Crippen MR) is 94.0 cm³/mol. The van der Waals surface area contributed by atoms with E-state index in [0.717, 1.165) is 12.1 Å². The number of phenols is 2. The van der Waals surface area contributed by atoms with Crippen molar-refractivity contribution in [1.82, 2.24) is 4.90 Å². The molecule has 0 radical (unpaired) electrons. The molecule has 0 aromatic heterocycles. The average Bonchev–Trinajstić information content (AvgIpc) is 2.89. The molecule has 0 unspecified atom stereocenters. The van der Waals surface area contributed by atoms with Crippen molar-refractivity contribution in [3.05, 3.63) is 34.9 Å². The van der Waals surface area contributed by atoms with E-state index in [2.05, 4.69) is 0 Å². The number of rotatable bonds is 5. The lowest BCUT2D eigenvalue weighted by atomic mass is 9.96. The molecule has 0 atom stereocenters. The summed E-state index contributed by atoms with van der Waals surface area (Å²) in [5, 5.41) is 21.2. The number of ketones is 1. The molecule has 25 heavy (non-hydrogen) atoms. The van der Waals surface area contributed by atoms with E-state index in [4.69, 9.17) is 9.47 Å². The minimum absolute atomic E-state index is 0.151. The van der Waals surface area contributed by atoms with Crippen molar-refractivity contribution >= 4 is 5.78 Å². The van der Waals surface area contributed by atoms with Crippen molar-refractivity contribution in [2.45, 2.75) is 6.42 Å². The molecular weight excluding hydrogens is 322 g/mol. The number of fused-ring (bicyclic) bond motifs is 3. The van der Waals surface area contributed by atoms with Gasteiger partial charge in [-0.25, -0.2) is 0 Å². The Hall–Kier alpha value is -2.73. The number of nitrogens with zero attached hydrogens (tertiary/aromatic N) is 1. The fraction of sp³-hybridized carbons (Fsp3) is 0.316. The maximum absolute atomic E-state index is 12.9. The molecule has 0 spiro atoms. The van der Waals surface area contributed by atoms with Crippen molar-refractivity contribution in [1.29, 1.82) is 0 Å². The SMILES string of the molecule is COc1ccc2c(c1O)-c1c(O)c(OC)cc(CCN(C)C)c1C2=O. The molecule has 2 aromatic carbocycles. The van der Waals surface area contributed by atoms with Crippen LogP contribution in [0.25, 0.3) is 11.1 Å². The third-order valence-corrected chi connectivity index (χ3v) is 4.48. The van der Waals surface area contributed by atoms with Crippen LogP contribution in [0.2, 0.25) is 0 Å². The lowest BCUT2D eigenvalue weighted by Gasteiger charge is -2.16. The van der Waals surface area contributed by atoms with Crippen LogP contribution in [0.3, 0.4) is 0 Å². The quantitative estimate of drug-likeness (QED) is 0.741. The molecule has 0 amide bonds. The highest BCUT2D eigenvalue weighted by atomic mass is 16.5. The molecule has 0 saturated heterocycles. The van der Waals surface area contributed by atoms with Crippen LogP contribution >= 0.6 is 0 Å². The summed E-state index contributed by atoms with van der Waals surface area (Å²) in [4.78, 5) is 15.0. The Morgan fingerprint density at radius 1 is 0.960 bits per heavy atom. The first-order chi connectivity index (χ1) is 11.9. The highest BCUT2D eigenvalue weighted by Crippen LogP contribution is 2.53. The fourth-order valence-electron chi connectivity index (χ4n) is 3.21. The largest absolute Gasteiger partial charge is 0.504 e. The van der Waals surface area contributed by atoms with E-state index in [1.807, 2.05) is 19.0 Å². The molecule has 6 heteroatoms. The first-order valence-electron chi connectivity index (χ1n) is 7.93. The monoisotopic (exact) mass is 343 g/mol. The van der Waals surface area contributed by atoms with Gasteiger partial charge < -0.3 is 24.6 Å². The van der Waals surface area contributed by atoms with Crippen LogP contribution in [0.4, 0.5) is 0 Å². The number of hydrogen-bond acceptors (Lipinski definition) is 6. The molecule has 0 aliphatic heterocycles. The van der Waals surface area contributed by atoms with Crippen LogP contribution in [-0.2, 0) is 6.42 Å². The van der Waals surface area contributed by atoms with Crippen molar-refractivity contribution in [2.75, 3.05) is 34.9 Å². The van der Waals surface area contributed by atoms with E-state index < -0.39 is 0 Å². The van der Waals surface area contributed by atoms with Gasteiger partial charge in [-0.3, -0.25) is 4.79 Å². The van der Waals surface area contributed by atoms with Gasteiger partial charge >= 0.3 is 0 Å². The minimum Gasteiger partial charge on any atom is -0.504 e. The third kappa shape index (κ3) is 2.59. The highest BCUT2D eigenvalue weighted by Gasteiger charge is 2.36. The molecule has 1 aliphatic rings. The summed E-state index contributed by atoms with van der Waals surface area (Å²) in [6.45, 7) is 0.735. The summed E-state index contributed by atoms with van der Waals surface area (Å²) >= 11 is 0. The normalized spacial score (nSPS) is 12.3. The molecule has 2 N–H and O–H groups in total. The Bertz CT molecular complexity index is 858. The molecule has 0 heterocycles. The maximum atomic E-state index is 12.9. The van der Waals surface area contributed by atoms with Crippen LogP contribution in [0.5, 0.6) is 23.0 Å². The van der Waals surface area contributed by atoms with Gasteiger partial charge in [0, 0.05) is 28.8 Å². The van der Waals surface area contributed by atoms with Crippen molar-refractivity contribution in [3.63, 3.8) is 0 Å². The molecule has 132 valence electrons.